The molecule has 0 N–H and O–H groups in total. The fourth-order valence-corrected chi connectivity index (χ4v) is 5.72. The minimum atomic E-state index is 0.155. The molecule has 1 aliphatic carbocycles. The Bertz CT molecular complexity index is 619. The molecule has 0 aromatic heterocycles. The molecule has 1 aromatic carbocycles. The lowest BCUT2D eigenvalue weighted by Gasteiger charge is -2.63. The van der Waals surface area contributed by atoms with Gasteiger partial charge in [-0.25, -0.2) is 0 Å². The summed E-state index contributed by atoms with van der Waals surface area (Å²) >= 11 is 0. The van der Waals surface area contributed by atoms with Gasteiger partial charge in [-0.2, -0.15) is 0 Å². The number of amides is 1. The second-order valence-electron chi connectivity index (χ2n) is 8.66. The van der Waals surface area contributed by atoms with Gasteiger partial charge in [-0.05, 0) is 38.2 Å². The number of rotatable bonds is 5. The van der Waals surface area contributed by atoms with Crippen molar-refractivity contribution in [3.05, 3.63) is 35.9 Å². The number of carbonyl (C=O) groups is 1. The van der Waals surface area contributed by atoms with Crippen LogP contribution in [-0.2, 0) is 9.53 Å². The standard InChI is InChI=1S/C23H34N2O2/c1-2-27-17-21(26)24-15-11-20(12-16-24)25-18-23(13-7-4-8-14-23)22(25)19-9-5-3-6-10-19/h3,5-6,9-10,20,22H,2,4,7-8,11-18H2,1H3. The zero-order valence-corrected chi connectivity index (χ0v) is 16.7. The van der Waals surface area contributed by atoms with Crippen LogP contribution in [0, 0.1) is 5.41 Å². The van der Waals surface area contributed by atoms with Crippen molar-refractivity contribution in [1.29, 1.82) is 0 Å². The lowest BCUT2D eigenvalue weighted by atomic mass is 9.60. The van der Waals surface area contributed by atoms with Gasteiger partial charge in [0.05, 0.1) is 0 Å². The molecule has 4 heteroatoms. The Morgan fingerprint density at radius 3 is 2.48 bits per heavy atom. The van der Waals surface area contributed by atoms with Gasteiger partial charge >= 0.3 is 0 Å². The van der Waals surface area contributed by atoms with E-state index in [1.165, 1.54) is 44.2 Å². The average molecular weight is 371 g/mol. The first-order chi connectivity index (χ1) is 13.2. The summed E-state index contributed by atoms with van der Waals surface area (Å²) in [5, 5.41) is 0. The fraction of sp³-hybridized carbons (Fsp3) is 0.696. The van der Waals surface area contributed by atoms with Crippen LogP contribution >= 0.6 is 0 Å². The molecule has 1 amide bonds. The van der Waals surface area contributed by atoms with E-state index < -0.39 is 0 Å². The lowest BCUT2D eigenvalue weighted by Crippen LogP contribution is -2.64. The maximum absolute atomic E-state index is 12.2. The van der Waals surface area contributed by atoms with Crippen LogP contribution in [0.1, 0.15) is 63.5 Å². The van der Waals surface area contributed by atoms with E-state index in [0.29, 0.717) is 24.1 Å². The fourth-order valence-electron chi connectivity index (χ4n) is 5.72. The first kappa shape index (κ1) is 18.9. The van der Waals surface area contributed by atoms with Gasteiger partial charge in [-0.3, -0.25) is 9.69 Å². The van der Waals surface area contributed by atoms with Crippen molar-refractivity contribution in [2.45, 2.75) is 64.0 Å². The highest BCUT2D eigenvalue weighted by Gasteiger charge is 2.54. The first-order valence-electron chi connectivity index (χ1n) is 10.9. The number of benzene rings is 1. The van der Waals surface area contributed by atoms with E-state index in [4.69, 9.17) is 4.74 Å². The maximum atomic E-state index is 12.2. The lowest BCUT2D eigenvalue weighted by molar-refractivity contribution is -0.146. The molecule has 3 aliphatic rings. The second kappa shape index (κ2) is 8.32. The molecule has 27 heavy (non-hydrogen) atoms. The van der Waals surface area contributed by atoms with Crippen LogP contribution < -0.4 is 0 Å². The SMILES string of the molecule is CCOCC(=O)N1CCC(N2CC3(CCCCC3)C2c2ccccc2)CC1. The van der Waals surface area contributed by atoms with Gasteiger partial charge in [0.1, 0.15) is 6.61 Å². The summed E-state index contributed by atoms with van der Waals surface area (Å²) in [6, 6.07) is 12.4. The summed E-state index contributed by atoms with van der Waals surface area (Å²) in [4.78, 5) is 17.0. The van der Waals surface area contributed by atoms with Gasteiger partial charge in [-0.15, -0.1) is 0 Å². The predicted molar refractivity (Wildman–Crippen MR) is 108 cm³/mol. The van der Waals surface area contributed by atoms with Gasteiger partial charge in [-0.1, -0.05) is 49.6 Å². The highest BCUT2D eigenvalue weighted by Crippen LogP contribution is 2.58. The monoisotopic (exact) mass is 370 g/mol. The zero-order chi connectivity index (χ0) is 18.7. The van der Waals surface area contributed by atoms with Crippen LogP contribution in [0.5, 0.6) is 0 Å². The molecule has 2 saturated heterocycles. The van der Waals surface area contributed by atoms with Crippen LogP contribution in [0.25, 0.3) is 0 Å². The molecule has 148 valence electrons. The smallest absolute Gasteiger partial charge is 0.248 e. The number of carbonyl (C=O) groups excluding carboxylic acids is 1. The van der Waals surface area contributed by atoms with Crippen molar-refractivity contribution in [2.24, 2.45) is 5.41 Å². The van der Waals surface area contributed by atoms with Crippen molar-refractivity contribution in [1.82, 2.24) is 9.80 Å². The molecule has 1 spiro atoms. The molecule has 1 aromatic rings. The van der Waals surface area contributed by atoms with E-state index in [-0.39, 0.29) is 12.5 Å². The van der Waals surface area contributed by atoms with Crippen molar-refractivity contribution < 1.29 is 9.53 Å². The summed E-state index contributed by atoms with van der Waals surface area (Å²) in [7, 11) is 0. The number of ether oxygens (including phenoxy) is 1. The summed E-state index contributed by atoms with van der Waals surface area (Å²) in [5.74, 6) is 0.155. The molecule has 4 rings (SSSR count). The predicted octanol–water partition coefficient (Wildman–Crippen LogP) is 4.02. The Morgan fingerprint density at radius 2 is 1.81 bits per heavy atom. The Morgan fingerprint density at radius 1 is 1.11 bits per heavy atom. The minimum Gasteiger partial charge on any atom is -0.372 e. The highest BCUT2D eigenvalue weighted by molar-refractivity contribution is 5.77. The molecule has 2 aliphatic heterocycles. The van der Waals surface area contributed by atoms with E-state index in [1.807, 2.05) is 11.8 Å². The topological polar surface area (TPSA) is 32.8 Å². The Balaban J connectivity index is 1.42. The normalized spacial score (nSPS) is 26.1. The van der Waals surface area contributed by atoms with Crippen molar-refractivity contribution in [2.75, 3.05) is 32.8 Å². The summed E-state index contributed by atoms with van der Waals surface area (Å²) in [6.45, 7) is 5.79. The Labute approximate surface area is 163 Å². The number of piperidine rings is 1. The van der Waals surface area contributed by atoms with Crippen LogP contribution in [0.15, 0.2) is 30.3 Å². The molecule has 1 saturated carbocycles. The Kier molecular flexibility index (Phi) is 5.84. The summed E-state index contributed by atoms with van der Waals surface area (Å²) < 4.78 is 5.30. The van der Waals surface area contributed by atoms with E-state index in [0.717, 1.165) is 25.9 Å². The third kappa shape index (κ3) is 3.79. The van der Waals surface area contributed by atoms with Gasteiger partial charge in [0.25, 0.3) is 0 Å². The molecule has 4 nitrogen and oxygen atoms in total. The number of likely N-dealkylation sites (tertiary alicyclic amines) is 2. The van der Waals surface area contributed by atoms with Crippen LogP contribution in [0.4, 0.5) is 0 Å². The van der Waals surface area contributed by atoms with Gasteiger partial charge in [0.15, 0.2) is 0 Å². The molecule has 0 bridgehead atoms. The second-order valence-corrected chi connectivity index (χ2v) is 8.66. The highest BCUT2D eigenvalue weighted by atomic mass is 16.5. The van der Waals surface area contributed by atoms with Gasteiger partial charge in [0, 0.05) is 43.7 Å². The largest absolute Gasteiger partial charge is 0.372 e. The number of hydrogen-bond acceptors (Lipinski definition) is 3. The first-order valence-corrected chi connectivity index (χ1v) is 10.9. The molecular weight excluding hydrogens is 336 g/mol. The molecule has 0 radical (unpaired) electrons. The number of nitrogens with zero attached hydrogens (tertiary/aromatic N) is 2. The van der Waals surface area contributed by atoms with E-state index >= 15 is 0 Å². The quantitative estimate of drug-likeness (QED) is 0.785. The van der Waals surface area contributed by atoms with E-state index in [1.54, 1.807) is 0 Å². The molecule has 2 heterocycles. The van der Waals surface area contributed by atoms with E-state index in [9.17, 15) is 4.79 Å². The third-order valence-electron chi connectivity index (χ3n) is 7.09. The average Bonchev–Trinajstić information content (AvgIpc) is 2.72. The summed E-state index contributed by atoms with van der Waals surface area (Å²) in [6.07, 6.45) is 9.14. The minimum absolute atomic E-state index is 0.155. The molecule has 3 fully saturated rings. The van der Waals surface area contributed by atoms with Crippen LogP contribution in [0.3, 0.4) is 0 Å². The Hall–Kier alpha value is -1.39. The molecule has 1 unspecified atom stereocenters. The molecular formula is C23H34N2O2. The maximum Gasteiger partial charge on any atom is 0.248 e. The number of hydrogen-bond donors (Lipinski definition) is 0. The van der Waals surface area contributed by atoms with Crippen molar-refractivity contribution >= 4 is 5.91 Å². The summed E-state index contributed by atoms with van der Waals surface area (Å²) in [5.41, 5.74) is 2.00. The van der Waals surface area contributed by atoms with E-state index in [2.05, 4.69) is 35.2 Å². The zero-order valence-electron chi connectivity index (χ0n) is 16.7. The van der Waals surface area contributed by atoms with Crippen molar-refractivity contribution in [3.8, 4) is 0 Å². The van der Waals surface area contributed by atoms with Crippen molar-refractivity contribution in [3.63, 3.8) is 0 Å². The molecule has 1 atom stereocenters. The van der Waals surface area contributed by atoms with Crippen LogP contribution in [0.2, 0.25) is 0 Å². The van der Waals surface area contributed by atoms with Crippen LogP contribution in [-0.4, -0.2) is 54.6 Å². The van der Waals surface area contributed by atoms with Gasteiger partial charge < -0.3 is 9.64 Å². The van der Waals surface area contributed by atoms with Gasteiger partial charge in [0.2, 0.25) is 5.91 Å². The third-order valence-corrected chi connectivity index (χ3v) is 7.09.